The molecule has 0 spiro atoms. The zero-order chi connectivity index (χ0) is 12.8. The van der Waals surface area contributed by atoms with Gasteiger partial charge in [-0.1, -0.05) is 13.8 Å². The van der Waals surface area contributed by atoms with E-state index in [0.29, 0.717) is 13.0 Å². The van der Waals surface area contributed by atoms with Gasteiger partial charge in [-0.3, -0.25) is 4.79 Å². The quantitative estimate of drug-likeness (QED) is 0.571. The summed E-state index contributed by atoms with van der Waals surface area (Å²) in [4.78, 5) is 11.5. The number of hydrogen-bond acceptors (Lipinski definition) is 4. The lowest BCUT2D eigenvalue weighted by Crippen LogP contribution is -2.49. The van der Waals surface area contributed by atoms with Crippen molar-refractivity contribution < 1.29 is 14.6 Å². The molecule has 5 nitrogen and oxygen atoms in total. The summed E-state index contributed by atoms with van der Waals surface area (Å²) in [5.74, 6) is -0.142. The SMILES string of the molecule is COCCC(C)(O)CNC(=O)[C@@H](N)C(C)C. The van der Waals surface area contributed by atoms with E-state index in [4.69, 9.17) is 10.5 Å². The minimum Gasteiger partial charge on any atom is -0.388 e. The Bertz CT molecular complexity index is 217. The van der Waals surface area contributed by atoms with Crippen LogP contribution in [-0.4, -0.2) is 42.9 Å². The lowest BCUT2D eigenvalue weighted by atomic mass is 10.0. The van der Waals surface area contributed by atoms with Crippen molar-refractivity contribution in [1.82, 2.24) is 5.32 Å². The summed E-state index contributed by atoms with van der Waals surface area (Å²) < 4.78 is 4.87. The predicted molar refractivity (Wildman–Crippen MR) is 62.9 cm³/mol. The molecule has 96 valence electrons. The second-order valence-corrected chi connectivity index (χ2v) is 4.73. The third-order valence-electron chi connectivity index (χ3n) is 2.51. The van der Waals surface area contributed by atoms with Gasteiger partial charge in [-0.15, -0.1) is 0 Å². The Morgan fingerprint density at radius 1 is 1.56 bits per heavy atom. The molecule has 0 heterocycles. The van der Waals surface area contributed by atoms with E-state index in [0.717, 1.165) is 0 Å². The zero-order valence-electron chi connectivity index (χ0n) is 10.6. The summed E-state index contributed by atoms with van der Waals surface area (Å²) in [7, 11) is 1.57. The number of methoxy groups -OCH3 is 1. The van der Waals surface area contributed by atoms with Crippen molar-refractivity contribution in [3.63, 3.8) is 0 Å². The van der Waals surface area contributed by atoms with Crippen LogP contribution >= 0.6 is 0 Å². The highest BCUT2D eigenvalue weighted by Crippen LogP contribution is 2.08. The number of aliphatic hydroxyl groups is 1. The minimum absolute atomic E-state index is 0.0870. The van der Waals surface area contributed by atoms with Crippen molar-refractivity contribution in [3.8, 4) is 0 Å². The molecule has 16 heavy (non-hydrogen) atoms. The van der Waals surface area contributed by atoms with Crippen molar-refractivity contribution in [2.45, 2.75) is 38.8 Å². The van der Waals surface area contributed by atoms with Crippen LogP contribution in [0.25, 0.3) is 0 Å². The number of nitrogens with one attached hydrogen (secondary N) is 1. The smallest absolute Gasteiger partial charge is 0.237 e. The first-order valence-corrected chi connectivity index (χ1v) is 5.55. The van der Waals surface area contributed by atoms with Crippen molar-refractivity contribution in [2.24, 2.45) is 11.7 Å². The van der Waals surface area contributed by atoms with Gasteiger partial charge in [-0.05, 0) is 12.8 Å². The Morgan fingerprint density at radius 3 is 2.56 bits per heavy atom. The molecule has 5 heteroatoms. The molecule has 0 aliphatic rings. The van der Waals surface area contributed by atoms with E-state index < -0.39 is 11.6 Å². The fraction of sp³-hybridized carbons (Fsp3) is 0.909. The molecule has 0 aromatic carbocycles. The zero-order valence-corrected chi connectivity index (χ0v) is 10.6. The number of carbonyl (C=O) groups excluding carboxylic acids is 1. The molecule has 0 saturated carbocycles. The Balaban J connectivity index is 3.99. The first-order valence-electron chi connectivity index (χ1n) is 5.55. The minimum atomic E-state index is -0.956. The van der Waals surface area contributed by atoms with Gasteiger partial charge in [0.1, 0.15) is 0 Å². The molecular formula is C11H24N2O3. The van der Waals surface area contributed by atoms with Crippen LogP contribution in [0.4, 0.5) is 0 Å². The third-order valence-corrected chi connectivity index (χ3v) is 2.51. The van der Waals surface area contributed by atoms with Crippen LogP contribution < -0.4 is 11.1 Å². The van der Waals surface area contributed by atoms with Crippen LogP contribution in [0.5, 0.6) is 0 Å². The van der Waals surface area contributed by atoms with Gasteiger partial charge >= 0.3 is 0 Å². The van der Waals surface area contributed by atoms with E-state index in [1.165, 1.54) is 0 Å². The monoisotopic (exact) mass is 232 g/mol. The van der Waals surface area contributed by atoms with Gasteiger partial charge in [0, 0.05) is 26.7 Å². The van der Waals surface area contributed by atoms with Gasteiger partial charge in [-0.25, -0.2) is 0 Å². The van der Waals surface area contributed by atoms with Crippen molar-refractivity contribution in [3.05, 3.63) is 0 Å². The van der Waals surface area contributed by atoms with Crippen molar-refractivity contribution >= 4 is 5.91 Å². The first kappa shape index (κ1) is 15.3. The maximum absolute atomic E-state index is 11.5. The van der Waals surface area contributed by atoms with E-state index in [-0.39, 0.29) is 18.4 Å². The molecule has 1 unspecified atom stereocenters. The van der Waals surface area contributed by atoms with Crippen LogP contribution in [0.3, 0.4) is 0 Å². The molecule has 0 saturated heterocycles. The molecule has 4 N–H and O–H groups in total. The van der Waals surface area contributed by atoms with E-state index in [1.807, 2.05) is 13.8 Å². The maximum Gasteiger partial charge on any atom is 0.237 e. The van der Waals surface area contributed by atoms with Crippen LogP contribution in [0.15, 0.2) is 0 Å². The Hall–Kier alpha value is -0.650. The molecule has 2 atom stereocenters. The molecule has 0 rings (SSSR count). The summed E-state index contributed by atoms with van der Waals surface area (Å²) >= 11 is 0. The van der Waals surface area contributed by atoms with Crippen LogP contribution in [0.1, 0.15) is 27.2 Å². The highest BCUT2D eigenvalue weighted by molar-refractivity contribution is 5.81. The number of ether oxygens (including phenoxy) is 1. The Labute approximate surface area is 97.3 Å². The Kier molecular flexibility index (Phi) is 6.55. The molecule has 0 aromatic rings. The van der Waals surface area contributed by atoms with Gasteiger partial charge in [0.2, 0.25) is 5.91 Å². The van der Waals surface area contributed by atoms with Gasteiger partial charge < -0.3 is 20.9 Å². The second kappa shape index (κ2) is 6.83. The highest BCUT2D eigenvalue weighted by Gasteiger charge is 2.23. The molecule has 0 aliphatic heterocycles. The summed E-state index contributed by atoms with van der Waals surface area (Å²) in [5, 5.41) is 12.5. The molecule has 0 aromatic heterocycles. The molecule has 0 bridgehead atoms. The number of carbonyl (C=O) groups is 1. The highest BCUT2D eigenvalue weighted by atomic mass is 16.5. The maximum atomic E-state index is 11.5. The normalized spacial score (nSPS) is 16.9. The van der Waals surface area contributed by atoms with Gasteiger partial charge in [-0.2, -0.15) is 0 Å². The van der Waals surface area contributed by atoms with E-state index in [9.17, 15) is 9.90 Å². The lowest BCUT2D eigenvalue weighted by molar-refractivity contribution is -0.124. The second-order valence-electron chi connectivity index (χ2n) is 4.73. The summed E-state index contributed by atoms with van der Waals surface area (Å²) in [5.41, 5.74) is 4.72. The average Bonchev–Trinajstić information content (AvgIpc) is 2.22. The van der Waals surface area contributed by atoms with Crippen molar-refractivity contribution in [2.75, 3.05) is 20.3 Å². The van der Waals surface area contributed by atoms with Gasteiger partial charge in [0.05, 0.1) is 11.6 Å². The summed E-state index contributed by atoms with van der Waals surface area (Å²) in [6, 6.07) is -0.529. The predicted octanol–water partition coefficient (Wildman–Crippen LogP) is -0.127. The van der Waals surface area contributed by atoms with E-state index in [1.54, 1.807) is 14.0 Å². The fourth-order valence-corrected chi connectivity index (χ4v) is 1.11. The standard InChI is InChI=1S/C11H24N2O3/c1-8(2)9(12)10(14)13-7-11(3,15)5-6-16-4/h8-9,15H,5-7,12H2,1-4H3,(H,13,14)/t9-,11?/m0/s1. The van der Waals surface area contributed by atoms with E-state index >= 15 is 0 Å². The number of amides is 1. The average molecular weight is 232 g/mol. The number of hydrogen-bond donors (Lipinski definition) is 3. The summed E-state index contributed by atoms with van der Waals surface area (Å²) in [6.45, 7) is 6.07. The van der Waals surface area contributed by atoms with Gasteiger partial charge in [0.15, 0.2) is 0 Å². The largest absolute Gasteiger partial charge is 0.388 e. The Morgan fingerprint density at radius 2 is 2.12 bits per heavy atom. The van der Waals surface area contributed by atoms with Crippen LogP contribution in [-0.2, 0) is 9.53 Å². The van der Waals surface area contributed by atoms with Crippen molar-refractivity contribution in [1.29, 1.82) is 0 Å². The number of nitrogens with two attached hydrogens (primary N) is 1. The van der Waals surface area contributed by atoms with E-state index in [2.05, 4.69) is 5.32 Å². The first-order chi connectivity index (χ1) is 7.30. The third kappa shape index (κ3) is 6.05. The molecule has 1 amide bonds. The molecule has 0 fully saturated rings. The van der Waals surface area contributed by atoms with Crippen LogP contribution in [0, 0.1) is 5.92 Å². The fourth-order valence-electron chi connectivity index (χ4n) is 1.11. The molecule has 0 radical (unpaired) electrons. The van der Waals surface area contributed by atoms with Gasteiger partial charge in [0.25, 0.3) is 0 Å². The molecule has 0 aliphatic carbocycles. The molecular weight excluding hydrogens is 208 g/mol. The van der Waals surface area contributed by atoms with Crippen LogP contribution in [0.2, 0.25) is 0 Å². The lowest BCUT2D eigenvalue weighted by Gasteiger charge is -2.24. The topological polar surface area (TPSA) is 84.6 Å². The number of rotatable bonds is 7. The summed E-state index contributed by atoms with van der Waals surface area (Å²) in [6.07, 6.45) is 0.473.